The fraction of sp³-hybridized carbons (Fsp3) is 0. The first-order valence-electron chi connectivity index (χ1n) is 5.64. The number of benzene rings is 1. The molecular formula is C13H8BrClN4O. The van der Waals surface area contributed by atoms with Crippen molar-refractivity contribution in [1.82, 2.24) is 15.0 Å². The first kappa shape index (κ1) is 13.1. The zero-order valence-electron chi connectivity index (χ0n) is 10.0. The highest BCUT2D eigenvalue weighted by Crippen LogP contribution is 2.34. The van der Waals surface area contributed by atoms with Crippen LogP contribution >= 0.6 is 27.5 Å². The average Bonchev–Trinajstić information content (AvgIpc) is 2.46. The standard InChI is InChI=1S/C13H8BrClN4O/c14-8-6-18-13(16)19-12(8)20-10-4-3-9(15)7-2-1-5-17-11(7)10/h1-6H,(H2,16,18,19). The molecule has 0 bridgehead atoms. The Balaban J connectivity index is 2.11. The molecular weight excluding hydrogens is 344 g/mol. The van der Waals surface area contributed by atoms with E-state index in [-0.39, 0.29) is 5.95 Å². The SMILES string of the molecule is Nc1ncc(Br)c(Oc2ccc(Cl)c3cccnc23)n1. The highest BCUT2D eigenvalue weighted by atomic mass is 79.9. The monoisotopic (exact) mass is 350 g/mol. The van der Waals surface area contributed by atoms with Crippen molar-refractivity contribution in [2.75, 3.05) is 5.73 Å². The molecule has 0 aliphatic rings. The predicted octanol–water partition coefficient (Wildman–Crippen LogP) is 3.82. The van der Waals surface area contributed by atoms with Gasteiger partial charge in [0.25, 0.3) is 0 Å². The molecule has 1 aromatic carbocycles. The Labute approximate surface area is 127 Å². The van der Waals surface area contributed by atoms with E-state index in [2.05, 4.69) is 30.9 Å². The maximum atomic E-state index is 6.14. The van der Waals surface area contributed by atoms with Gasteiger partial charge in [-0.25, -0.2) is 4.98 Å². The van der Waals surface area contributed by atoms with Crippen LogP contribution in [0.4, 0.5) is 5.95 Å². The van der Waals surface area contributed by atoms with Gasteiger partial charge in [0.05, 0.1) is 15.7 Å². The van der Waals surface area contributed by atoms with Crippen LogP contribution in [0.1, 0.15) is 0 Å². The number of ether oxygens (including phenoxy) is 1. The molecule has 0 amide bonds. The van der Waals surface area contributed by atoms with Gasteiger partial charge in [0, 0.05) is 11.6 Å². The van der Waals surface area contributed by atoms with Crippen molar-refractivity contribution >= 4 is 44.4 Å². The van der Waals surface area contributed by atoms with Gasteiger partial charge in [-0.1, -0.05) is 11.6 Å². The number of fused-ring (bicyclic) bond motifs is 1. The summed E-state index contributed by atoms with van der Waals surface area (Å²) in [6, 6.07) is 7.18. The maximum Gasteiger partial charge on any atom is 0.238 e. The molecule has 0 radical (unpaired) electrons. The number of hydrogen-bond donors (Lipinski definition) is 1. The minimum absolute atomic E-state index is 0.134. The van der Waals surface area contributed by atoms with Gasteiger partial charge in [-0.15, -0.1) is 0 Å². The number of anilines is 1. The molecule has 3 aromatic rings. The Morgan fingerprint density at radius 3 is 2.90 bits per heavy atom. The summed E-state index contributed by atoms with van der Waals surface area (Å²) in [6.45, 7) is 0. The fourth-order valence-electron chi connectivity index (χ4n) is 1.73. The van der Waals surface area contributed by atoms with E-state index in [1.54, 1.807) is 18.3 Å². The van der Waals surface area contributed by atoms with Crippen LogP contribution in [-0.4, -0.2) is 15.0 Å². The summed E-state index contributed by atoms with van der Waals surface area (Å²) in [6.07, 6.45) is 3.21. The van der Waals surface area contributed by atoms with Gasteiger partial charge in [0.15, 0.2) is 5.75 Å². The molecule has 100 valence electrons. The Morgan fingerprint density at radius 1 is 1.20 bits per heavy atom. The molecule has 3 rings (SSSR count). The van der Waals surface area contributed by atoms with Crippen LogP contribution in [0.25, 0.3) is 10.9 Å². The fourth-order valence-corrected chi connectivity index (χ4v) is 2.22. The summed E-state index contributed by atoms with van der Waals surface area (Å²) in [7, 11) is 0. The zero-order chi connectivity index (χ0) is 14.1. The van der Waals surface area contributed by atoms with Crippen LogP contribution < -0.4 is 10.5 Å². The molecule has 2 heterocycles. The molecule has 0 spiro atoms. The second kappa shape index (κ2) is 5.22. The highest BCUT2D eigenvalue weighted by Gasteiger charge is 2.11. The van der Waals surface area contributed by atoms with E-state index >= 15 is 0 Å². The molecule has 0 saturated heterocycles. The maximum absolute atomic E-state index is 6.14. The molecule has 20 heavy (non-hydrogen) atoms. The lowest BCUT2D eigenvalue weighted by atomic mass is 10.2. The van der Waals surface area contributed by atoms with Crippen molar-refractivity contribution in [3.63, 3.8) is 0 Å². The molecule has 7 heteroatoms. The minimum Gasteiger partial charge on any atom is -0.435 e. The van der Waals surface area contributed by atoms with Gasteiger partial charge in [0.2, 0.25) is 11.8 Å². The van der Waals surface area contributed by atoms with E-state index in [9.17, 15) is 0 Å². The Morgan fingerprint density at radius 2 is 2.05 bits per heavy atom. The third-order valence-electron chi connectivity index (χ3n) is 2.62. The van der Waals surface area contributed by atoms with Gasteiger partial charge in [-0.2, -0.15) is 4.98 Å². The molecule has 0 fully saturated rings. The predicted molar refractivity (Wildman–Crippen MR) is 81.0 cm³/mol. The number of pyridine rings is 1. The Kier molecular flexibility index (Phi) is 3.42. The van der Waals surface area contributed by atoms with E-state index in [0.717, 1.165) is 5.39 Å². The number of nitrogens with zero attached hydrogens (tertiary/aromatic N) is 3. The molecule has 0 unspecified atom stereocenters. The summed E-state index contributed by atoms with van der Waals surface area (Å²) >= 11 is 9.45. The summed E-state index contributed by atoms with van der Waals surface area (Å²) in [5.74, 6) is 1.00. The Bertz CT molecular complexity index is 796. The van der Waals surface area contributed by atoms with Crippen molar-refractivity contribution in [2.45, 2.75) is 0 Å². The number of hydrogen-bond acceptors (Lipinski definition) is 5. The molecule has 0 saturated carbocycles. The molecule has 2 aromatic heterocycles. The van der Waals surface area contributed by atoms with Crippen molar-refractivity contribution < 1.29 is 4.74 Å². The van der Waals surface area contributed by atoms with Crippen molar-refractivity contribution in [3.05, 3.63) is 46.2 Å². The lowest BCUT2D eigenvalue weighted by Gasteiger charge is -2.09. The number of nitrogen functional groups attached to an aromatic ring is 1. The summed E-state index contributed by atoms with van der Waals surface area (Å²) in [5, 5.41) is 1.42. The van der Waals surface area contributed by atoms with E-state index in [1.165, 1.54) is 6.20 Å². The highest BCUT2D eigenvalue weighted by molar-refractivity contribution is 9.10. The molecule has 0 aliphatic heterocycles. The van der Waals surface area contributed by atoms with Crippen LogP contribution in [0.5, 0.6) is 11.6 Å². The number of halogens is 2. The number of rotatable bonds is 2. The van der Waals surface area contributed by atoms with Gasteiger partial charge in [0.1, 0.15) is 5.52 Å². The normalized spacial score (nSPS) is 10.7. The first-order chi connectivity index (χ1) is 9.65. The van der Waals surface area contributed by atoms with Crippen molar-refractivity contribution in [1.29, 1.82) is 0 Å². The lowest BCUT2D eigenvalue weighted by molar-refractivity contribution is 0.463. The third kappa shape index (κ3) is 2.39. The third-order valence-corrected chi connectivity index (χ3v) is 3.49. The number of nitrogens with two attached hydrogens (primary N) is 1. The largest absolute Gasteiger partial charge is 0.435 e. The van der Waals surface area contributed by atoms with Gasteiger partial charge >= 0.3 is 0 Å². The smallest absolute Gasteiger partial charge is 0.238 e. The van der Waals surface area contributed by atoms with Crippen LogP contribution in [0.2, 0.25) is 5.02 Å². The minimum atomic E-state index is 0.134. The molecule has 0 atom stereocenters. The van der Waals surface area contributed by atoms with E-state index < -0.39 is 0 Å². The quantitative estimate of drug-likeness (QED) is 0.760. The first-order valence-corrected chi connectivity index (χ1v) is 6.81. The van der Waals surface area contributed by atoms with Crippen LogP contribution in [-0.2, 0) is 0 Å². The van der Waals surface area contributed by atoms with Gasteiger partial charge in [-0.05, 0) is 40.2 Å². The molecule has 0 aliphatic carbocycles. The Hall–Kier alpha value is -1.92. The van der Waals surface area contributed by atoms with Crippen LogP contribution in [0, 0.1) is 0 Å². The lowest BCUT2D eigenvalue weighted by Crippen LogP contribution is -1.98. The number of aromatic nitrogens is 3. The second-order valence-corrected chi connectivity index (χ2v) is 5.19. The van der Waals surface area contributed by atoms with Crippen LogP contribution in [0.15, 0.2) is 41.1 Å². The van der Waals surface area contributed by atoms with Crippen molar-refractivity contribution in [2.24, 2.45) is 0 Å². The van der Waals surface area contributed by atoms with Crippen molar-refractivity contribution in [3.8, 4) is 11.6 Å². The van der Waals surface area contributed by atoms with E-state index in [4.69, 9.17) is 22.1 Å². The van der Waals surface area contributed by atoms with E-state index in [0.29, 0.717) is 26.6 Å². The van der Waals surface area contributed by atoms with E-state index in [1.807, 2.05) is 12.1 Å². The average molecular weight is 352 g/mol. The summed E-state index contributed by atoms with van der Waals surface area (Å²) in [4.78, 5) is 12.2. The van der Waals surface area contributed by atoms with Crippen LogP contribution in [0.3, 0.4) is 0 Å². The second-order valence-electron chi connectivity index (χ2n) is 3.93. The summed E-state index contributed by atoms with van der Waals surface area (Å²) < 4.78 is 6.36. The molecule has 2 N–H and O–H groups in total. The zero-order valence-corrected chi connectivity index (χ0v) is 12.4. The molecule has 5 nitrogen and oxygen atoms in total. The topological polar surface area (TPSA) is 73.9 Å². The summed E-state index contributed by atoms with van der Waals surface area (Å²) in [5.41, 5.74) is 6.21. The van der Waals surface area contributed by atoms with Gasteiger partial charge < -0.3 is 10.5 Å². The van der Waals surface area contributed by atoms with Gasteiger partial charge in [-0.3, -0.25) is 4.98 Å².